The van der Waals surface area contributed by atoms with Crippen LogP contribution >= 0.6 is 11.6 Å². The summed E-state index contributed by atoms with van der Waals surface area (Å²) in [6.45, 7) is 10.6. The van der Waals surface area contributed by atoms with Crippen molar-refractivity contribution in [2.45, 2.75) is 78.2 Å². The zero-order valence-corrected chi connectivity index (χ0v) is 44.4. The van der Waals surface area contributed by atoms with Gasteiger partial charge in [-0.05, 0) is 112 Å². The molecular weight excluding hydrogens is 994 g/mol. The van der Waals surface area contributed by atoms with E-state index in [4.69, 9.17) is 35.3 Å². The molecule has 390 valence electrons. The third kappa shape index (κ3) is 22.5. The molecule has 0 aliphatic carbocycles. The predicted octanol–water partition coefficient (Wildman–Crippen LogP) is 6.65. The number of methoxy groups -OCH3 is 4. The van der Waals surface area contributed by atoms with Crippen LogP contribution in [-0.4, -0.2) is 116 Å². The van der Waals surface area contributed by atoms with Crippen LogP contribution in [0.3, 0.4) is 0 Å². The average Bonchev–Trinajstić information content (AvgIpc) is 3.34. The molecule has 0 bridgehead atoms. The van der Waals surface area contributed by atoms with Gasteiger partial charge in [-0.3, -0.25) is 9.59 Å². The highest BCUT2D eigenvalue weighted by molar-refractivity contribution is 7.90. The highest BCUT2D eigenvalue weighted by atomic mass is 35.5. The van der Waals surface area contributed by atoms with E-state index in [9.17, 15) is 39.6 Å². The summed E-state index contributed by atoms with van der Waals surface area (Å²) in [5.74, 6) is 1.35. The number of nitrogens with zero attached hydrogens (tertiary/aromatic N) is 2. The van der Waals surface area contributed by atoms with Gasteiger partial charge in [-0.1, -0.05) is 48.5 Å². The number of halogens is 1. The number of nitrogens with two attached hydrogens (primary N) is 1. The summed E-state index contributed by atoms with van der Waals surface area (Å²) in [6.07, 6.45) is 0. The van der Waals surface area contributed by atoms with Gasteiger partial charge in [0.25, 0.3) is 0 Å². The molecule has 23 heteroatoms. The van der Waals surface area contributed by atoms with Gasteiger partial charge in [0, 0.05) is 37.8 Å². The van der Waals surface area contributed by atoms with Crippen LogP contribution < -0.4 is 24.1 Å². The summed E-state index contributed by atoms with van der Waals surface area (Å²) in [4.78, 5) is 32.4. The van der Waals surface area contributed by atoms with E-state index < -0.39 is 57.9 Å². The van der Waals surface area contributed by atoms with E-state index in [1.807, 2.05) is 48.5 Å². The SMILES string of the molecule is CCOC(=O)C(C)S(=O)(=O)N(Cc1ccc(OC)cc1)Cc1ccc(OC)cc1.CCOC(=O)C(C)S(N)(=O)=O.CCOC(=O)Cl.CCS(=O)(=O)N(Cc1ccc(OC)cc1)Cc1ccc(OC)cc1. The van der Waals surface area contributed by atoms with E-state index in [1.165, 1.54) is 22.5 Å². The molecule has 0 aromatic heterocycles. The third-order valence-corrected chi connectivity index (χ3v) is 14.8. The van der Waals surface area contributed by atoms with E-state index >= 15 is 0 Å². The number of benzene rings is 4. The van der Waals surface area contributed by atoms with Crippen molar-refractivity contribution < 1.29 is 72.8 Å². The second-order valence-electron chi connectivity index (χ2n) is 14.4. The number of carbonyl (C=O) groups excluding carboxylic acids is 3. The summed E-state index contributed by atoms with van der Waals surface area (Å²) in [7, 11) is -4.73. The quantitative estimate of drug-likeness (QED) is 0.0491. The van der Waals surface area contributed by atoms with Crippen molar-refractivity contribution in [3.05, 3.63) is 119 Å². The molecule has 0 fully saturated rings. The van der Waals surface area contributed by atoms with E-state index in [1.54, 1.807) is 105 Å². The topological polar surface area (TPSA) is 251 Å². The monoisotopic (exact) mass is 1060 g/mol. The Labute approximate surface area is 418 Å². The lowest BCUT2D eigenvalue weighted by Gasteiger charge is -2.25. The Morgan fingerprint density at radius 3 is 0.971 bits per heavy atom. The van der Waals surface area contributed by atoms with Gasteiger partial charge in [-0.15, -0.1) is 0 Å². The largest absolute Gasteiger partial charge is 0.497 e. The highest BCUT2D eigenvalue weighted by Gasteiger charge is 2.35. The first kappa shape index (κ1) is 62.5. The maximum Gasteiger partial charge on any atom is 0.403 e. The Morgan fingerprint density at radius 1 is 0.486 bits per heavy atom. The van der Waals surface area contributed by atoms with Crippen molar-refractivity contribution in [3.63, 3.8) is 0 Å². The molecule has 19 nitrogen and oxygen atoms in total. The van der Waals surface area contributed by atoms with Gasteiger partial charge >= 0.3 is 17.4 Å². The minimum atomic E-state index is -3.95. The maximum atomic E-state index is 13.2. The number of rotatable bonds is 22. The first-order chi connectivity index (χ1) is 33.0. The lowest BCUT2D eigenvalue weighted by Crippen LogP contribution is -2.41. The van der Waals surface area contributed by atoms with Gasteiger partial charge in [0.2, 0.25) is 30.1 Å². The molecule has 0 aliphatic heterocycles. The van der Waals surface area contributed by atoms with Crippen LogP contribution in [0, 0.1) is 0 Å². The Morgan fingerprint density at radius 2 is 0.757 bits per heavy atom. The number of hydrogen-bond acceptors (Lipinski definition) is 16. The number of esters is 2. The minimum absolute atomic E-state index is 0.0688. The molecule has 0 saturated carbocycles. The van der Waals surface area contributed by atoms with Gasteiger partial charge < -0.3 is 33.2 Å². The maximum absolute atomic E-state index is 13.2. The van der Waals surface area contributed by atoms with Crippen LogP contribution in [0.15, 0.2) is 97.1 Å². The van der Waals surface area contributed by atoms with E-state index in [-0.39, 0.29) is 32.1 Å². The number of hydrogen-bond donors (Lipinski definition) is 1. The van der Waals surface area contributed by atoms with Gasteiger partial charge in [-0.25, -0.2) is 35.2 Å². The first-order valence-electron chi connectivity index (χ1n) is 21.6. The molecule has 0 amide bonds. The van der Waals surface area contributed by atoms with E-state index in [2.05, 4.69) is 14.6 Å². The zero-order chi connectivity index (χ0) is 53.1. The molecule has 2 unspecified atom stereocenters. The fourth-order valence-corrected chi connectivity index (χ4v) is 8.44. The Bertz CT molecular complexity index is 2420. The van der Waals surface area contributed by atoms with Gasteiger partial charge in [-0.2, -0.15) is 8.61 Å². The summed E-state index contributed by atoms with van der Waals surface area (Å²) >= 11 is 4.72. The first-order valence-corrected chi connectivity index (χ1v) is 26.7. The van der Waals surface area contributed by atoms with Gasteiger partial charge in [0.15, 0.2) is 10.5 Å². The van der Waals surface area contributed by atoms with Crippen molar-refractivity contribution in [1.29, 1.82) is 0 Å². The highest BCUT2D eigenvalue weighted by Crippen LogP contribution is 2.23. The Kier molecular flexibility index (Phi) is 28.3. The number of carbonyl (C=O) groups is 3. The van der Waals surface area contributed by atoms with Crippen molar-refractivity contribution in [2.75, 3.05) is 54.0 Å². The average molecular weight is 1060 g/mol. The molecule has 2 N–H and O–H groups in total. The molecule has 2 atom stereocenters. The standard InChI is InChI=1S/C21H27NO6S.C18H23NO4S.C5H11NO4S.C3H5ClO2/c1-5-28-21(23)16(2)29(24,25)22(14-17-6-10-19(26-3)11-7-17)15-18-8-12-20(27-4)13-9-18;1-4-24(20,21)19(13-15-5-9-17(22-2)10-6-15)14-16-7-11-18(23-3)12-8-16;1-3-10-5(7)4(2)11(6,8)9;1-2-6-3(4)5/h6-13,16H,5,14-15H2,1-4H3;5-12H,4,13-14H2,1-3H3;4H,3H2,1-2H3,(H2,6,8,9);2H2,1H3. The summed E-state index contributed by atoms with van der Waals surface area (Å²) < 4.78 is 109. The fraction of sp³-hybridized carbons (Fsp3) is 0.426. The molecule has 4 aromatic carbocycles. The lowest BCUT2D eigenvalue weighted by molar-refractivity contribution is -0.143. The predicted molar refractivity (Wildman–Crippen MR) is 267 cm³/mol. The van der Waals surface area contributed by atoms with Crippen LogP contribution in [0.5, 0.6) is 23.0 Å². The molecule has 0 aliphatic rings. The summed E-state index contributed by atoms with van der Waals surface area (Å²) in [6, 6.07) is 29.1. The zero-order valence-electron chi connectivity index (χ0n) is 41.2. The van der Waals surface area contributed by atoms with Crippen molar-refractivity contribution in [2.24, 2.45) is 5.14 Å². The second kappa shape index (κ2) is 31.7. The van der Waals surface area contributed by atoms with Gasteiger partial charge in [0.1, 0.15) is 23.0 Å². The number of ether oxygens (including phenoxy) is 7. The third-order valence-electron chi connectivity index (χ3n) is 9.62. The molecule has 0 saturated heterocycles. The van der Waals surface area contributed by atoms with Crippen molar-refractivity contribution in [1.82, 2.24) is 8.61 Å². The Hall–Kier alpha value is -5.49. The number of primary sulfonamides is 1. The summed E-state index contributed by atoms with van der Waals surface area (Å²) in [5, 5.41) is 2.10. The molecular formula is C47H66ClN3O16S3. The van der Waals surface area contributed by atoms with Crippen molar-refractivity contribution in [3.8, 4) is 23.0 Å². The number of sulfonamides is 3. The van der Waals surface area contributed by atoms with Crippen LogP contribution in [0.1, 0.15) is 63.8 Å². The molecule has 70 heavy (non-hydrogen) atoms. The minimum Gasteiger partial charge on any atom is -0.497 e. The van der Waals surface area contributed by atoms with E-state index in [0.29, 0.717) is 31.2 Å². The molecule has 0 heterocycles. The second-order valence-corrected chi connectivity index (χ2v) is 21.1. The fourth-order valence-electron chi connectivity index (χ4n) is 5.52. The van der Waals surface area contributed by atoms with Crippen molar-refractivity contribution >= 4 is 59.0 Å². The van der Waals surface area contributed by atoms with Crippen LogP contribution in [0.25, 0.3) is 0 Å². The summed E-state index contributed by atoms with van der Waals surface area (Å²) in [5.41, 5.74) is 2.65. The lowest BCUT2D eigenvalue weighted by atomic mass is 10.2. The van der Waals surface area contributed by atoms with Crippen LogP contribution in [0.4, 0.5) is 4.79 Å². The van der Waals surface area contributed by atoms with Crippen LogP contribution in [-0.2, 0) is 80.0 Å². The molecule has 0 radical (unpaired) electrons. The van der Waals surface area contributed by atoms with Crippen LogP contribution in [0.2, 0.25) is 0 Å². The molecule has 4 rings (SSSR count). The normalized spacial score (nSPS) is 12.0. The van der Waals surface area contributed by atoms with E-state index in [0.717, 1.165) is 33.8 Å². The smallest absolute Gasteiger partial charge is 0.403 e. The molecule has 4 aromatic rings. The molecule has 0 spiro atoms. The Balaban J connectivity index is 0.000000533. The van der Waals surface area contributed by atoms with Gasteiger partial charge in [0.05, 0.1) is 54.0 Å².